The largest absolute Gasteiger partial charge is 0.488 e. The number of aryl methyl sites for hydroxylation is 4. The molecule has 0 saturated carbocycles. The molecule has 0 fully saturated rings. The van der Waals surface area contributed by atoms with E-state index in [0.29, 0.717) is 17.9 Å². The van der Waals surface area contributed by atoms with Crippen molar-refractivity contribution in [2.75, 3.05) is 0 Å². The van der Waals surface area contributed by atoms with Crippen LogP contribution >= 0.6 is 0 Å². The van der Waals surface area contributed by atoms with E-state index in [-0.39, 0.29) is 5.78 Å². The van der Waals surface area contributed by atoms with Crippen molar-refractivity contribution in [1.82, 2.24) is 0 Å². The van der Waals surface area contributed by atoms with E-state index in [4.69, 9.17) is 4.74 Å². The van der Waals surface area contributed by atoms with E-state index in [0.717, 1.165) is 5.56 Å². The van der Waals surface area contributed by atoms with Crippen LogP contribution in [0.2, 0.25) is 0 Å². The van der Waals surface area contributed by atoms with E-state index in [1.54, 1.807) is 6.92 Å². The molecule has 0 aromatic heterocycles. The van der Waals surface area contributed by atoms with Crippen LogP contribution in [-0.4, -0.2) is 5.78 Å². The minimum absolute atomic E-state index is 0.0300. The first-order valence-corrected chi connectivity index (χ1v) is 7.19. The molecule has 2 aromatic rings. The van der Waals surface area contributed by atoms with Gasteiger partial charge < -0.3 is 4.74 Å². The smallest absolute Gasteiger partial charge is 0.163 e. The third kappa shape index (κ3) is 3.52. The molecular weight excluding hydrogens is 260 g/mol. The maximum atomic E-state index is 11.7. The third-order valence-electron chi connectivity index (χ3n) is 3.73. The van der Waals surface area contributed by atoms with Gasteiger partial charge in [-0.05, 0) is 69.0 Å². The molecular formula is C19H22O2. The molecule has 2 aromatic carbocycles. The Morgan fingerprint density at radius 3 is 2.14 bits per heavy atom. The molecule has 110 valence electrons. The summed E-state index contributed by atoms with van der Waals surface area (Å²) in [6.45, 7) is 10.3. The monoisotopic (exact) mass is 282 g/mol. The zero-order valence-corrected chi connectivity index (χ0v) is 13.4. The molecule has 0 heterocycles. The summed E-state index contributed by atoms with van der Waals surface area (Å²) in [6, 6.07) is 10.0. The van der Waals surface area contributed by atoms with Crippen LogP contribution < -0.4 is 4.74 Å². The molecule has 0 aliphatic rings. The van der Waals surface area contributed by atoms with Crippen LogP contribution in [-0.2, 0) is 6.61 Å². The lowest BCUT2D eigenvalue weighted by Gasteiger charge is -2.15. The van der Waals surface area contributed by atoms with Crippen molar-refractivity contribution in [1.29, 1.82) is 0 Å². The van der Waals surface area contributed by atoms with Gasteiger partial charge in [0.1, 0.15) is 12.4 Å². The van der Waals surface area contributed by atoms with Gasteiger partial charge in [0, 0.05) is 0 Å². The number of hydrogen-bond acceptors (Lipinski definition) is 2. The standard InChI is InChI=1S/C19H22O2/c1-12-6-7-17(16(5)20)19(10-12)21-11-18-14(3)8-13(2)9-15(18)4/h6-10H,11H2,1-5H3. The predicted molar refractivity (Wildman–Crippen MR) is 86.2 cm³/mol. The molecule has 21 heavy (non-hydrogen) atoms. The number of ketones is 1. The maximum absolute atomic E-state index is 11.7. The Kier molecular flexibility index (Phi) is 4.46. The summed E-state index contributed by atoms with van der Waals surface area (Å²) in [5, 5.41) is 0. The van der Waals surface area contributed by atoms with Gasteiger partial charge in [-0.3, -0.25) is 4.79 Å². The molecule has 0 saturated heterocycles. The van der Waals surface area contributed by atoms with Crippen LogP contribution in [0.15, 0.2) is 30.3 Å². The summed E-state index contributed by atoms with van der Waals surface area (Å²) in [7, 11) is 0. The summed E-state index contributed by atoms with van der Waals surface area (Å²) >= 11 is 0. The highest BCUT2D eigenvalue weighted by Crippen LogP contribution is 2.24. The average Bonchev–Trinajstić information content (AvgIpc) is 2.37. The first-order valence-electron chi connectivity index (χ1n) is 7.19. The normalized spacial score (nSPS) is 10.5. The topological polar surface area (TPSA) is 26.3 Å². The van der Waals surface area contributed by atoms with Crippen LogP contribution in [0.4, 0.5) is 0 Å². The predicted octanol–water partition coefficient (Wildman–Crippen LogP) is 4.70. The Balaban J connectivity index is 2.28. The van der Waals surface area contributed by atoms with Crippen molar-refractivity contribution in [3.05, 3.63) is 63.7 Å². The lowest BCUT2D eigenvalue weighted by molar-refractivity contribution is 0.101. The first kappa shape index (κ1) is 15.3. The van der Waals surface area contributed by atoms with Crippen LogP contribution in [0, 0.1) is 27.7 Å². The van der Waals surface area contributed by atoms with Gasteiger partial charge in [0.2, 0.25) is 0 Å². The number of hydrogen-bond donors (Lipinski definition) is 0. The molecule has 2 heteroatoms. The molecule has 0 bridgehead atoms. The number of Topliss-reactive ketones (excluding diaryl/α,β-unsaturated/α-hetero) is 1. The lowest BCUT2D eigenvalue weighted by atomic mass is 10.0. The summed E-state index contributed by atoms with van der Waals surface area (Å²) in [5.41, 5.74) is 6.63. The number of ether oxygens (including phenoxy) is 1. The number of rotatable bonds is 4. The zero-order chi connectivity index (χ0) is 15.6. The second-order valence-corrected chi connectivity index (χ2v) is 5.72. The van der Waals surface area contributed by atoms with Gasteiger partial charge in [-0.2, -0.15) is 0 Å². The minimum Gasteiger partial charge on any atom is -0.488 e. The molecule has 0 unspecified atom stereocenters. The molecule has 0 aliphatic carbocycles. The van der Waals surface area contributed by atoms with E-state index in [1.165, 1.54) is 22.3 Å². The van der Waals surface area contributed by atoms with Gasteiger partial charge in [0.05, 0.1) is 5.56 Å². The molecule has 0 spiro atoms. The molecule has 2 rings (SSSR count). The molecule has 2 nitrogen and oxygen atoms in total. The van der Waals surface area contributed by atoms with Gasteiger partial charge in [-0.15, -0.1) is 0 Å². The Labute approximate surface area is 126 Å². The van der Waals surface area contributed by atoms with E-state index in [1.807, 2.05) is 25.1 Å². The van der Waals surface area contributed by atoms with Crippen molar-refractivity contribution in [3.8, 4) is 5.75 Å². The second-order valence-electron chi connectivity index (χ2n) is 5.72. The third-order valence-corrected chi connectivity index (χ3v) is 3.73. The zero-order valence-electron chi connectivity index (χ0n) is 13.4. The van der Waals surface area contributed by atoms with E-state index >= 15 is 0 Å². The molecule has 0 radical (unpaired) electrons. The van der Waals surface area contributed by atoms with Crippen molar-refractivity contribution in [2.24, 2.45) is 0 Å². The van der Waals surface area contributed by atoms with Gasteiger partial charge in [-0.1, -0.05) is 23.8 Å². The number of benzene rings is 2. The summed E-state index contributed by atoms with van der Waals surface area (Å²) in [4.78, 5) is 11.7. The SMILES string of the molecule is CC(=O)c1ccc(C)cc1OCc1c(C)cc(C)cc1C. The Hall–Kier alpha value is -2.09. The fourth-order valence-corrected chi connectivity index (χ4v) is 2.63. The van der Waals surface area contributed by atoms with Crippen LogP contribution in [0.1, 0.15) is 45.1 Å². The lowest BCUT2D eigenvalue weighted by Crippen LogP contribution is -2.05. The average molecular weight is 282 g/mol. The maximum Gasteiger partial charge on any atom is 0.163 e. The Morgan fingerprint density at radius 2 is 1.57 bits per heavy atom. The highest BCUT2D eigenvalue weighted by atomic mass is 16.5. The van der Waals surface area contributed by atoms with Gasteiger partial charge in [0.15, 0.2) is 5.78 Å². The van der Waals surface area contributed by atoms with E-state index in [9.17, 15) is 4.79 Å². The molecule has 0 amide bonds. The number of carbonyl (C=O) groups is 1. The highest BCUT2D eigenvalue weighted by molar-refractivity contribution is 5.96. The van der Waals surface area contributed by atoms with Crippen molar-refractivity contribution < 1.29 is 9.53 Å². The van der Waals surface area contributed by atoms with Crippen molar-refractivity contribution >= 4 is 5.78 Å². The van der Waals surface area contributed by atoms with Crippen LogP contribution in [0.5, 0.6) is 5.75 Å². The Morgan fingerprint density at radius 1 is 0.952 bits per heavy atom. The minimum atomic E-state index is 0.0300. The van der Waals surface area contributed by atoms with Gasteiger partial charge in [-0.25, -0.2) is 0 Å². The van der Waals surface area contributed by atoms with Crippen LogP contribution in [0.3, 0.4) is 0 Å². The van der Waals surface area contributed by atoms with E-state index in [2.05, 4.69) is 32.9 Å². The highest BCUT2D eigenvalue weighted by Gasteiger charge is 2.10. The summed E-state index contributed by atoms with van der Waals surface area (Å²) in [5.74, 6) is 0.698. The molecule has 0 aliphatic heterocycles. The number of carbonyl (C=O) groups excluding carboxylic acids is 1. The van der Waals surface area contributed by atoms with Crippen molar-refractivity contribution in [3.63, 3.8) is 0 Å². The molecule has 0 atom stereocenters. The fraction of sp³-hybridized carbons (Fsp3) is 0.316. The van der Waals surface area contributed by atoms with Gasteiger partial charge >= 0.3 is 0 Å². The first-order chi connectivity index (χ1) is 9.88. The van der Waals surface area contributed by atoms with Crippen molar-refractivity contribution in [2.45, 2.75) is 41.2 Å². The summed E-state index contributed by atoms with van der Waals surface area (Å²) < 4.78 is 5.95. The summed E-state index contributed by atoms with van der Waals surface area (Å²) in [6.07, 6.45) is 0. The van der Waals surface area contributed by atoms with E-state index < -0.39 is 0 Å². The second kappa shape index (κ2) is 6.13. The van der Waals surface area contributed by atoms with Crippen LogP contribution in [0.25, 0.3) is 0 Å². The Bertz CT molecular complexity index is 661. The van der Waals surface area contributed by atoms with Gasteiger partial charge in [0.25, 0.3) is 0 Å². The molecule has 0 N–H and O–H groups in total. The fourth-order valence-electron chi connectivity index (χ4n) is 2.63. The quantitative estimate of drug-likeness (QED) is 0.760.